The molecule has 0 aliphatic heterocycles. The van der Waals surface area contributed by atoms with Crippen LogP contribution in [-0.2, 0) is 6.42 Å². The Kier molecular flexibility index (Phi) is 5.68. The van der Waals surface area contributed by atoms with E-state index in [-0.39, 0.29) is 16.7 Å². The number of likely N-dealkylation sites (N-methyl/N-ethyl adjacent to an activating group) is 1. The molecular formula is C12H18BrN3O2. The van der Waals surface area contributed by atoms with Gasteiger partial charge in [-0.25, -0.2) is 0 Å². The summed E-state index contributed by atoms with van der Waals surface area (Å²) in [5.41, 5.74) is 0.607. The van der Waals surface area contributed by atoms with Gasteiger partial charge in [0.1, 0.15) is 5.69 Å². The molecule has 5 nitrogen and oxygen atoms in total. The minimum Gasteiger partial charge on any atom is -0.314 e. The van der Waals surface area contributed by atoms with Gasteiger partial charge in [-0.05, 0) is 28.4 Å². The number of aromatic nitrogens is 1. The first-order valence-electron chi connectivity index (χ1n) is 5.97. The maximum atomic E-state index is 11.0. The monoisotopic (exact) mass is 315 g/mol. The summed E-state index contributed by atoms with van der Waals surface area (Å²) in [4.78, 5) is 14.8. The first kappa shape index (κ1) is 15.0. The smallest absolute Gasteiger partial charge is 0.291 e. The van der Waals surface area contributed by atoms with E-state index < -0.39 is 0 Å². The maximum Gasteiger partial charge on any atom is 0.291 e. The molecule has 0 aliphatic rings. The minimum atomic E-state index is -0.379. The number of hydrogen-bond acceptors (Lipinski definition) is 4. The van der Waals surface area contributed by atoms with Crippen molar-refractivity contribution < 1.29 is 4.92 Å². The Hall–Kier alpha value is -1.01. The van der Waals surface area contributed by atoms with Crippen LogP contribution in [0.15, 0.2) is 16.7 Å². The van der Waals surface area contributed by atoms with Crippen LogP contribution in [0.3, 0.4) is 0 Å². The summed E-state index contributed by atoms with van der Waals surface area (Å²) in [5, 5.41) is 14.3. The molecule has 0 aliphatic carbocycles. The van der Waals surface area contributed by atoms with Crippen molar-refractivity contribution in [3.8, 4) is 0 Å². The van der Waals surface area contributed by atoms with E-state index in [2.05, 4.69) is 40.1 Å². The minimum absolute atomic E-state index is 0.0768. The van der Waals surface area contributed by atoms with Crippen molar-refractivity contribution in [3.63, 3.8) is 0 Å². The highest BCUT2D eigenvalue weighted by Gasteiger charge is 2.21. The molecule has 0 fully saturated rings. The Morgan fingerprint density at radius 3 is 2.72 bits per heavy atom. The number of halogens is 1. The summed E-state index contributed by atoms with van der Waals surface area (Å²) in [5.74, 6) is 0.398. The van der Waals surface area contributed by atoms with Crippen LogP contribution in [-0.4, -0.2) is 22.5 Å². The molecule has 6 heteroatoms. The highest BCUT2D eigenvalue weighted by Crippen LogP contribution is 2.23. The number of hydrogen-bond donors (Lipinski definition) is 1. The molecule has 18 heavy (non-hydrogen) atoms. The Morgan fingerprint density at radius 1 is 1.56 bits per heavy atom. The average Bonchev–Trinajstić information content (AvgIpc) is 2.30. The van der Waals surface area contributed by atoms with E-state index >= 15 is 0 Å². The van der Waals surface area contributed by atoms with Gasteiger partial charge in [0.05, 0.1) is 4.92 Å². The lowest BCUT2D eigenvalue weighted by Gasteiger charge is -2.21. The van der Waals surface area contributed by atoms with Crippen LogP contribution in [0.25, 0.3) is 0 Å². The van der Waals surface area contributed by atoms with Crippen molar-refractivity contribution in [2.75, 3.05) is 6.54 Å². The Morgan fingerprint density at radius 2 is 2.22 bits per heavy atom. The van der Waals surface area contributed by atoms with E-state index in [9.17, 15) is 10.1 Å². The second kappa shape index (κ2) is 6.80. The van der Waals surface area contributed by atoms with Gasteiger partial charge >= 0.3 is 0 Å². The van der Waals surface area contributed by atoms with Crippen molar-refractivity contribution in [1.29, 1.82) is 0 Å². The lowest BCUT2D eigenvalue weighted by atomic mass is 9.98. The van der Waals surface area contributed by atoms with Gasteiger partial charge in [0.2, 0.25) is 0 Å². The third-order valence-corrected chi connectivity index (χ3v) is 3.23. The fourth-order valence-electron chi connectivity index (χ4n) is 1.79. The Balaban J connectivity index is 2.98. The summed E-state index contributed by atoms with van der Waals surface area (Å²) in [6.07, 6.45) is 2.17. The topological polar surface area (TPSA) is 68.1 Å². The van der Waals surface area contributed by atoms with Gasteiger partial charge in [-0.2, -0.15) is 0 Å². The molecule has 1 atom stereocenters. The first-order valence-corrected chi connectivity index (χ1v) is 6.77. The molecule has 1 heterocycles. The predicted molar refractivity (Wildman–Crippen MR) is 74.6 cm³/mol. The highest BCUT2D eigenvalue weighted by molar-refractivity contribution is 9.10. The van der Waals surface area contributed by atoms with Gasteiger partial charge in [-0.15, -0.1) is 0 Å². The molecule has 1 rings (SSSR count). The molecular weight excluding hydrogens is 298 g/mol. The fourth-order valence-corrected chi connectivity index (χ4v) is 2.11. The van der Waals surface area contributed by atoms with Gasteiger partial charge < -0.3 is 5.32 Å². The standard InChI is InChI=1S/C12H18BrN3O2/c1-4-14-10(8(2)3)6-11-12(16(17)18)5-9(13)7-15-11/h5,7-8,10,14H,4,6H2,1-3H3. The number of nitrogens with zero attached hydrogens (tertiary/aromatic N) is 2. The van der Waals surface area contributed by atoms with E-state index in [1.807, 2.05) is 6.92 Å². The zero-order valence-electron chi connectivity index (χ0n) is 10.8. The second-order valence-electron chi connectivity index (χ2n) is 4.49. The number of rotatable bonds is 6. The molecule has 0 aromatic carbocycles. The molecule has 0 bridgehead atoms. The Bertz CT molecular complexity index is 424. The molecule has 1 unspecified atom stereocenters. The second-order valence-corrected chi connectivity index (χ2v) is 5.40. The lowest BCUT2D eigenvalue weighted by molar-refractivity contribution is -0.386. The fraction of sp³-hybridized carbons (Fsp3) is 0.583. The largest absolute Gasteiger partial charge is 0.314 e. The first-order chi connectivity index (χ1) is 8.45. The highest BCUT2D eigenvalue weighted by atomic mass is 79.9. The third-order valence-electron chi connectivity index (χ3n) is 2.80. The normalized spacial score (nSPS) is 12.7. The lowest BCUT2D eigenvalue weighted by Crippen LogP contribution is -2.36. The van der Waals surface area contributed by atoms with Gasteiger partial charge in [0.25, 0.3) is 5.69 Å². The van der Waals surface area contributed by atoms with Crippen LogP contribution in [0.1, 0.15) is 26.5 Å². The van der Waals surface area contributed by atoms with Crippen molar-refractivity contribution in [2.45, 2.75) is 33.2 Å². The van der Waals surface area contributed by atoms with Gasteiger partial charge in [0, 0.05) is 29.2 Å². The van der Waals surface area contributed by atoms with E-state index in [0.29, 0.717) is 22.5 Å². The van der Waals surface area contributed by atoms with Crippen LogP contribution < -0.4 is 5.32 Å². The van der Waals surface area contributed by atoms with Gasteiger partial charge in [-0.1, -0.05) is 20.8 Å². The Labute approximate surface area is 115 Å². The summed E-state index contributed by atoms with van der Waals surface area (Å²) in [7, 11) is 0. The van der Waals surface area contributed by atoms with Crippen LogP contribution in [0.4, 0.5) is 5.69 Å². The molecule has 1 aromatic rings. The number of nitrogens with one attached hydrogen (secondary N) is 1. The summed E-state index contributed by atoms with van der Waals surface area (Å²) in [6.45, 7) is 7.06. The molecule has 1 aromatic heterocycles. The van der Waals surface area contributed by atoms with Crippen molar-refractivity contribution in [2.24, 2.45) is 5.92 Å². The molecule has 0 saturated carbocycles. The summed E-state index contributed by atoms with van der Waals surface area (Å²) >= 11 is 3.21. The van der Waals surface area contributed by atoms with E-state index in [4.69, 9.17) is 0 Å². The van der Waals surface area contributed by atoms with Gasteiger partial charge in [-0.3, -0.25) is 15.1 Å². The molecule has 0 radical (unpaired) electrons. The van der Waals surface area contributed by atoms with Crippen molar-refractivity contribution in [3.05, 3.63) is 32.5 Å². The predicted octanol–water partition coefficient (Wildman–Crippen LogP) is 2.93. The average molecular weight is 316 g/mol. The van der Waals surface area contributed by atoms with Crippen LogP contribution in [0.5, 0.6) is 0 Å². The van der Waals surface area contributed by atoms with Crippen LogP contribution in [0.2, 0.25) is 0 Å². The molecule has 0 spiro atoms. The zero-order chi connectivity index (χ0) is 13.7. The van der Waals surface area contributed by atoms with Crippen LogP contribution >= 0.6 is 15.9 Å². The number of pyridine rings is 1. The van der Waals surface area contributed by atoms with E-state index in [1.54, 1.807) is 6.20 Å². The third kappa shape index (κ3) is 4.03. The van der Waals surface area contributed by atoms with E-state index in [1.165, 1.54) is 6.07 Å². The van der Waals surface area contributed by atoms with Gasteiger partial charge in [0.15, 0.2) is 0 Å². The van der Waals surface area contributed by atoms with Crippen LogP contribution in [0, 0.1) is 16.0 Å². The number of nitro groups is 1. The van der Waals surface area contributed by atoms with E-state index in [0.717, 1.165) is 6.54 Å². The van der Waals surface area contributed by atoms with Crippen molar-refractivity contribution in [1.82, 2.24) is 10.3 Å². The SMILES string of the molecule is CCNC(Cc1ncc(Br)cc1[N+](=O)[O-])C(C)C. The maximum absolute atomic E-state index is 11.0. The van der Waals surface area contributed by atoms with Crippen molar-refractivity contribution >= 4 is 21.6 Å². The summed E-state index contributed by atoms with van der Waals surface area (Å²) < 4.78 is 0.627. The summed E-state index contributed by atoms with van der Waals surface area (Å²) in [6, 6.07) is 1.70. The quantitative estimate of drug-likeness (QED) is 0.647. The molecule has 0 amide bonds. The zero-order valence-corrected chi connectivity index (χ0v) is 12.4. The molecule has 0 saturated heterocycles. The molecule has 100 valence electrons. The molecule has 1 N–H and O–H groups in total.